The summed E-state index contributed by atoms with van der Waals surface area (Å²) < 4.78 is 14.1. The van der Waals surface area contributed by atoms with Crippen molar-refractivity contribution < 1.29 is 14.3 Å². The Kier molecular flexibility index (Phi) is 3.16. The van der Waals surface area contributed by atoms with Crippen molar-refractivity contribution in [2.45, 2.75) is 32.1 Å². The van der Waals surface area contributed by atoms with Crippen molar-refractivity contribution in [3.63, 3.8) is 0 Å². The summed E-state index contributed by atoms with van der Waals surface area (Å²) >= 11 is 3.27. The fourth-order valence-corrected chi connectivity index (χ4v) is 4.59. The fourth-order valence-electron chi connectivity index (χ4n) is 4.08. The first-order chi connectivity index (χ1) is 8.99. The molecule has 3 atom stereocenters. The second kappa shape index (κ2) is 4.58. The van der Waals surface area contributed by atoms with Crippen LogP contribution in [0.2, 0.25) is 0 Å². The average molecular weight is 327 g/mol. The summed E-state index contributed by atoms with van der Waals surface area (Å²) in [5.74, 6) is -0.205. The molecule has 102 valence electrons. The number of hydrogen-bond donors (Lipinski definition) is 1. The zero-order valence-electron chi connectivity index (χ0n) is 10.5. The van der Waals surface area contributed by atoms with Gasteiger partial charge in [-0.05, 0) is 61.3 Å². The monoisotopic (exact) mass is 326 g/mol. The molecule has 1 aromatic carbocycles. The smallest absolute Gasteiger partial charge is 0.310 e. The Bertz CT molecular complexity index is 511. The van der Waals surface area contributed by atoms with Crippen LogP contribution in [0.15, 0.2) is 22.7 Å². The van der Waals surface area contributed by atoms with Gasteiger partial charge < -0.3 is 5.11 Å². The van der Waals surface area contributed by atoms with Gasteiger partial charge in [0.25, 0.3) is 0 Å². The molecule has 2 bridgehead atoms. The van der Waals surface area contributed by atoms with Crippen LogP contribution >= 0.6 is 15.9 Å². The molecule has 2 fully saturated rings. The SMILES string of the molecule is O=C(O)C1(Cc2cc(F)cc(Br)c2)CC2CCC1C2. The fraction of sp³-hybridized carbons (Fsp3) is 0.533. The number of hydrogen-bond acceptors (Lipinski definition) is 1. The van der Waals surface area contributed by atoms with Crippen LogP contribution in [-0.2, 0) is 11.2 Å². The van der Waals surface area contributed by atoms with Crippen molar-refractivity contribution in [1.29, 1.82) is 0 Å². The van der Waals surface area contributed by atoms with E-state index < -0.39 is 11.4 Å². The number of benzene rings is 1. The summed E-state index contributed by atoms with van der Waals surface area (Å²) in [5.41, 5.74) is 0.109. The predicted molar refractivity (Wildman–Crippen MR) is 73.3 cm³/mol. The maximum absolute atomic E-state index is 13.4. The first kappa shape index (κ1) is 13.1. The van der Waals surface area contributed by atoms with Crippen molar-refractivity contribution >= 4 is 21.9 Å². The molecule has 0 saturated heterocycles. The minimum Gasteiger partial charge on any atom is -0.481 e. The molecule has 1 N–H and O–H groups in total. The van der Waals surface area contributed by atoms with Gasteiger partial charge in [-0.1, -0.05) is 22.4 Å². The number of halogens is 2. The number of carbonyl (C=O) groups is 1. The first-order valence-electron chi connectivity index (χ1n) is 6.68. The Morgan fingerprint density at radius 2 is 2.21 bits per heavy atom. The quantitative estimate of drug-likeness (QED) is 0.910. The maximum Gasteiger partial charge on any atom is 0.310 e. The molecular formula is C15H16BrFO2. The van der Waals surface area contributed by atoms with E-state index in [2.05, 4.69) is 15.9 Å². The van der Waals surface area contributed by atoms with E-state index in [0.717, 1.165) is 31.2 Å². The van der Waals surface area contributed by atoms with Gasteiger partial charge in [0.05, 0.1) is 5.41 Å². The van der Waals surface area contributed by atoms with E-state index in [1.165, 1.54) is 12.1 Å². The first-order valence-corrected chi connectivity index (χ1v) is 7.47. The molecule has 2 saturated carbocycles. The van der Waals surface area contributed by atoms with Gasteiger partial charge in [-0.3, -0.25) is 4.79 Å². The lowest BCUT2D eigenvalue weighted by Crippen LogP contribution is -2.38. The number of fused-ring (bicyclic) bond motifs is 2. The van der Waals surface area contributed by atoms with E-state index in [-0.39, 0.29) is 11.7 Å². The minimum absolute atomic E-state index is 0.261. The largest absolute Gasteiger partial charge is 0.481 e. The number of aliphatic carboxylic acids is 1. The molecule has 3 rings (SSSR count). The molecule has 2 aliphatic rings. The molecule has 2 nitrogen and oxygen atoms in total. The second-order valence-electron chi connectivity index (χ2n) is 6.00. The third-order valence-corrected chi connectivity index (χ3v) is 5.30. The van der Waals surface area contributed by atoms with Gasteiger partial charge in [0.15, 0.2) is 0 Å². The summed E-state index contributed by atoms with van der Waals surface area (Å²) in [5, 5.41) is 9.68. The van der Waals surface area contributed by atoms with Crippen LogP contribution in [0.4, 0.5) is 4.39 Å². The molecule has 19 heavy (non-hydrogen) atoms. The third-order valence-electron chi connectivity index (χ3n) is 4.84. The van der Waals surface area contributed by atoms with Crippen molar-refractivity contribution in [1.82, 2.24) is 0 Å². The average Bonchev–Trinajstić information content (AvgIpc) is 2.87. The molecule has 0 aromatic heterocycles. The standard InChI is InChI=1S/C15H16BrFO2/c16-12-4-10(5-13(17)6-12)8-15(14(18)19)7-9-1-2-11(15)3-9/h4-6,9,11H,1-3,7-8H2,(H,18,19). The maximum atomic E-state index is 13.4. The van der Waals surface area contributed by atoms with E-state index in [1.54, 1.807) is 0 Å². The highest BCUT2D eigenvalue weighted by atomic mass is 79.9. The Labute approximate surface area is 120 Å². The topological polar surface area (TPSA) is 37.3 Å². The Morgan fingerprint density at radius 3 is 2.74 bits per heavy atom. The Morgan fingerprint density at radius 1 is 1.42 bits per heavy atom. The van der Waals surface area contributed by atoms with Gasteiger partial charge in [-0.25, -0.2) is 4.39 Å². The highest BCUT2D eigenvalue weighted by Crippen LogP contribution is 2.57. The van der Waals surface area contributed by atoms with Gasteiger partial charge >= 0.3 is 5.97 Å². The zero-order chi connectivity index (χ0) is 13.6. The van der Waals surface area contributed by atoms with Crippen molar-refractivity contribution in [3.8, 4) is 0 Å². The lowest BCUT2D eigenvalue weighted by Gasteiger charge is -2.33. The van der Waals surface area contributed by atoms with E-state index in [4.69, 9.17) is 0 Å². The summed E-state index contributed by atoms with van der Waals surface area (Å²) in [6, 6.07) is 4.69. The number of rotatable bonds is 3. The number of carboxylic acid groups (broad SMARTS) is 1. The van der Waals surface area contributed by atoms with Crippen LogP contribution in [0.3, 0.4) is 0 Å². The van der Waals surface area contributed by atoms with Crippen LogP contribution < -0.4 is 0 Å². The zero-order valence-corrected chi connectivity index (χ0v) is 12.1. The molecule has 1 aromatic rings. The summed E-state index contributed by atoms with van der Waals surface area (Å²) in [7, 11) is 0. The van der Waals surface area contributed by atoms with Gasteiger partial charge in [-0.2, -0.15) is 0 Å². The molecule has 4 heteroatoms. The van der Waals surface area contributed by atoms with Crippen LogP contribution in [0, 0.1) is 23.1 Å². The second-order valence-corrected chi connectivity index (χ2v) is 6.91. The van der Waals surface area contributed by atoms with E-state index in [1.807, 2.05) is 6.07 Å². The van der Waals surface area contributed by atoms with Crippen LogP contribution in [0.1, 0.15) is 31.2 Å². The van der Waals surface area contributed by atoms with Gasteiger partial charge in [0.1, 0.15) is 5.82 Å². The number of carboxylic acids is 1. The predicted octanol–water partition coefficient (Wildman–Crippen LogP) is 4.02. The molecule has 0 spiro atoms. The Hall–Kier alpha value is -0.900. The lowest BCUT2D eigenvalue weighted by molar-refractivity contribution is -0.152. The van der Waals surface area contributed by atoms with Crippen molar-refractivity contribution in [3.05, 3.63) is 34.1 Å². The molecule has 0 amide bonds. The molecule has 0 radical (unpaired) electrons. The highest BCUT2D eigenvalue weighted by Gasteiger charge is 2.55. The third kappa shape index (κ3) is 2.20. The molecule has 2 aliphatic carbocycles. The molecule has 3 unspecified atom stereocenters. The highest BCUT2D eigenvalue weighted by molar-refractivity contribution is 9.10. The van der Waals surface area contributed by atoms with Crippen molar-refractivity contribution in [2.75, 3.05) is 0 Å². The van der Waals surface area contributed by atoms with E-state index >= 15 is 0 Å². The van der Waals surface area contributed by atoms with Crippen molar-refractivity contribution in [2.24, 2.45) is 17.3 Å². The molecule has 0 aliphatic heterocycles. The van der Waals surface area contributed by atoms with Crippen LogP contribution in [0.25, 0.3) is 0 Å². The summed E-state index contributed by atoms with van der Waals surface area (Å²) in [6.45, 7) is 0. The van der Waals surface area contributed by atoms with Crippen LogP contribution in [-0.4, -0.2) is 11.1 Å². The minimum atomic E-state index is -0.708. The lowest BCUT2D eigenvalue weighted by atomic mass is 9.69. The van der Waals surface area contributed by atoms with E-state index in [0.29, 0.717) is 16.8 Å². The molecule has 0 heterocycles. The van der Waals surface area contributed by atoms with Crippen LogP contribution in [0.5, 0.6) is 0 Å². The van der Waals surface area contributed by atoms with Gasteiger partial charge in [-0.15, -0.1) is 0 Å². The normalized spacial score (nSPS) is 32.7. The Balaban J connectivity index is 1.92. The van der Waals surface area contributed by atoms with E-state index in [9.17, 15) is 14.3 Å². The van der Waals surface area contributed by atoms with Gasteiger partial charge in [0, 0.05) is 4.47 Å². The summed E-state index contributed by atoms with van der Waals surface area (Å²) in [6.07, 6.45) is 4.39. The summed E-state index contributed by atoms with van der Waals surface area (Å²) in [4.78, 5) is 11.8. The van der Waals surface area contributed by atoms with Gasteiger partial charge in [0.2, 0.25) is 0 Å². The molecular weight excluding hydrogens is 311 g/mol.